The van der Waals surface area contributed by atoms with Crippen molar-refractivity contribution in [3.8, 4) is 0 Å². The summed E-state index contributed by atoms with van der Waals surface area (Å²) < 4.78 is 45.7. The molecule has 0 saturated carbocycles. The maximum Gasteiger partial charge on any atom is 0.279 e. The summed E-state index contributed by atoms with van der Waals surface area (Å²) in [5.74, 6) is -0.515. The molecule has 13 heteroatoms. The zero-order chi connectivity index (χ0) is 27.0. The van der Waals surface area contributed by atoms with Crippen LogP contribution in [0.3, 0.4) is 0 Å². The molecule has 3 aromatic rings. The summed E-state index contributed by atoms with van der Waals surface area (Å²) in [5.41, 5.74) is 0.927. The number of nitrogens with zero attached hydrogens (tertiary/aromatic N) is 3. The van der Waals surface area contributed by atoms with Gasteiger partial charge in [0.2, 0.25) is 10.0 Å². The minimum atomic E-state index is -3.80. The van der Waals surface area contributed by atoms with Gasteiger partial charge in [0.05, 0.1) is 45.0 Å². The largest absolute Gasteiger partial charge is 0.383 e. The second-order valence-corrected chi connectivity index (χ2v) is 11.5. The van der Waals surface area contributed by atoms with Crippen molar-refractivity contribution in [1.82, 2.24) is 8.87 Å². The number of rotatable bonds is 13. The minimum absolute atomic E-state index is 0.0614. The summed E-state index contributed by atoms with van der Waals surface area (Å²) in [5, 5.41) is 0.777. The van der Waals surface area contributed by atoms with Crippen LogP contribution in [0.2, 0.25) is 10.0 Å². The van der Waals surface area contributed by atoms with Gasteiger partial charge < -0.3 is 18.8 Å². The van der Waals surface area contributed by atoms with E-state index in [1.54, 1.807) is 6.07 Å². The van der Waals surface area contributed by atoms with Gasteiger partial charge in [-0.3, -0.25) is 4.79 Å². The molecule has 0 radical (unpaired) electrons. The van der Waals surface area contributed by atoms with Crippen LogP contribution in [0.5, 0.6) is 0 Å². The first-order valence-corrected chi connectivity index (χ1v) is 14.5. The molecule has 0 unspecified atom stereocenters. The lowest BCUT2D eigenvalue weighted by Gasteiger charge is -2.21. The summed E-state index contributed by atoms with van der Waals surface area (Å²) in [6.45, 7) is 4.12. The van der Waals surface area contributed by atoms with Crippen LogP contribution in [0.4, 0.5) is 0 Å². The number of fused-ring (bicyclic) bond motifs is 1. The number of thiazole rings is 1. The fraction of sp³-hybridized carbons (Fsp3) is 0.417. The van der Waals surface area contributed by atoms with Crippen molar-refractivity contribution in [2.75, 3.05) is 53.7 Å². The zero-order valence-corrected chi connectivity index (χ0v) is 23.9. The highest BCUT2D eigenvalue weighted by Gasteiger charge is 2.24. The highest BCUT2D eigenvalue weighted by atomic mass is 35.5. The molecule has 0 bridgehead atoms. The van der Waals surface area contributed by atoms with Gasteiger partial charge in [0.15, 0.2) is 4.80 Å². The lowest BCUT2D eigenvalue weighted by atomic mass is 10.2. The molecule has 1 amide bonds. The molecular formula is C24H29Cl2N3O6S2. The van der Waals surface area contributed by atoms with Crippen molar-refractivity contribution >= 4 is 60.7 Å². The van der Waals surface area contributed by atoms with Gasteiger partial charge in [0.25, 0.3) is 5.91 Å². The van der Waals surface area contributed by atoms with Crippen LogP contribution in [-0.4, -0.2) is 76.9 Å². The Labute approximate surface area is 230 Å². The van der Waals surface area contributed by atoms with Crippen LogP contribution < -0.4 is 4.80 Å². The van der Waals surface area contributed by atoms with Gasteiger partial charge in [-0.2, -0.15) is 9.30 Å². The number of ether oxygens (including phenoxy) is 3. The van der Waals surface area contributed by atoms with E-state index in [1.165, 1.54) is 54.1 Å². The molecule has 0 aliphatic carbocycles. The Morgan fingerprint density at radius 2 is 1.68 bits per heavy atom. The third kappa shape index (κ3) is 7.18. The summed E-state index contributed by atoms with van der Waals surface area (Å²) >= 11 is 14.0. The average molecular weight is 591 g/mol. The van der Waals surface area contributed by atoms with Gasteiger partial charge in [-0.15, -0.1) is 0 Å². The number of carbonyl (C=O) groups excluding carboxylic acids is 1. The molecule has 0 fully saturated rings. The number of aromatic nitrogens is 1. The Morgan fingerprint density at radius 1 is 1.03 bits per heavy atom. The van der Waals surface area contributed by atoms with E-state index in [4.69, 9.17) is 37.4 Å². The van der Waals surface area contributed by atoms with Gasteiger partial charge >= 0.3 is 0 Å². The monoisotopic (exact) mass is 589 g/mol. The van der Waals surface area contributed by atoms with Crippen molar-refractivity contribution in [3.05, 3.63) is 56.8 Å². The normalized spacial score (nSPS) is 12.6. The van der Waals surface area contributed by atoms with Crippen molar-refractivity contribution in [2.24, 2.45) is 4.99 Å². The molecule has 9 nitrogen and oxygen atoms in total. The lowest BCUT2D eigenvalue weighted by molar-refractivity contribution is 0.0996. The lowest BCUT2D eigenvalue weighted by Crippen LogP contribution is -2.36. The summed E-state index contributed by atoms with van der Waals surface area (Å²) in [7, 11) is -0.795. The van der Waals surface area contributed by atoms with Crippen LogP contribution in [0.25, 0.3) is 10.2 Å². The number of sulfonamides is 1. The number of hydrogen-bond donors (Lipinski definition) is 0. The zero-order valence-electron chi connectivity index (χ0n) is 20.8. The smallest absolute Gasteiger partial charge is 0.279 e. The third-order valence-electron chi connectivity index (χ3n) is 5.42. The molecule has 0 aliphatic rings. The number of hydrogen-bond acceptors (Lipinski definition) is 7. The number of methoxy groups -OCH3 is 2. The van der Waals surface area contributed by atoms with Crippen LogP contribution in [0, 0.1) is 0 Å². The van der Waals surface area contributed by atoms with E-state index in [2.05, 4.69) is 4.99 Å². The molecule has 0 atom stereocenters. The topological polar surface area (TPSA) is 99.4 Å². The second-order valence-electron chi connectivity index (χ2n) is 7.77. The highest BCUT2D eigenvalue weighted by molar-refractivity contribution is 7.89. The summed E-state index contributed by atoms with van der Waals surface area (Å²) in [4.78, 5) is 17.9. The van der Waals surface area contributed by atoms with E-state index in [1.807, 2.05) is 17.6 Å². The standard InChI is InChI=1S/C24H29Cl2N3O6S2/c1-4-35-16-13-29-22-20(10-9-19(25)21(22)26)36-24(29)27-23(30)17-5-7-18(8-6-17)37(31,32)28(11-14-33-2)12-15-34-3/h5-10H,4,11-16H2,1-3H3. The second kappa shape index (κ2) is 13.8. The molecule has 1 aromatic heterocycles. The number of benzene rings is 2. The fourth-order valence-electron chi connectivity index (χ4n) is 3.50. The molecule has 0 N–H and O–H groups in total. The molecule has 1 heterocycles. The molecule has 0 saturated heterocycles. The van der Waals surface area contributed by atoms with Gasteiger partial charge in [0, 0.05) is 46.0 Å². The maximum atomic E-state index is 13.1. The molecular weight excluding hydrogens is 561 g/mol. The van der Waals surface area contributed by atoms with Crippen LogP contribution in [0.15, 0.2) is 46.3 Å². The Morgan fingerprint density at radius 3 is 2.27 bits per heavy atom. The highest BCUT2D eigenvalue weighted by Crippen LogP contribution is 2.32. The molecule has 0 aliphatic heterocycles. The molecule has 202 valence electrons. The summed E-state index contributed by atoms with van der Waals surface area (Å²) in [6.07, 6.45) is 0. The van der Waals surface area contributed by atoms with Crippen molar-refractivity contribution in [1.29, 1.82) is 0 Å². The van der Waals surface area contributed by atoms with Crippen molar-refractivity contribution in [3.63, 3.8) is 0 Å². The quantitative estimate of drug-likeness (QED) is 0.279. The molecule has 3 rings (SSSR count). The van der Waals surface area contributed by atoms with Gasteiger partial charge in [-0.05, 0) is 43.3 Å². The minimum Gasteiger partial charge on any atom is -0.383 e. The van der Waals surface area contributed by atoms with E-state index < -0.39 is 15.9 Å². The van der Waals surface area contributed by atoms with Crippen LogP contribution in [0.1, 0.15) is 17.3 Å². The molecule has 37 heavy (non-hydrogen) atoms. The van der Waals surface area contributed by atoms with E-state index >= 15 is 0 Å². The fourth-order valence-corrected chi connectivity index (χ4v) is 6.45. The Kier molecular flexibility index (Phi) is 11.1. The predicted molar refractivity (Wildman–Crippen MR) is 145 cm³/mol. The Hall–Kier alpha value is -1.83. The maximum absolute atomic E-state index is 13.1. The SMILES string of the molecule is CCOCCn1c(=NC(=O)c2ccc(S(=O)(=O)N(CCOC)CCOC)cc2)sc2ccc(Cl)c(Cl)c21. The van der Waals surface area contributed by atoms with Crippen molar-refractivity contribution in [2.45, 2.75) is 18.4 Å². The average Bonchev–Trinajstić information content (AvgIpc) is 3.23. The van der Waals surface area contributed by atoms with Gasteiger partial charge in [-0.1, -0.05) is 34.5 Å². The Balaban J connectivity index is 1.94. The Bertz CT molecular complexity index is 1380. The first kappa shape index (κ1) is 29.7. The number of carbonyl (C=O) groups is 1. The summed E-state index contributed by atoms with van der Waals surface area (Å²) in [6, 6.07) is 9.22. The van der Waals surface area contributed by atoms with Crippen molar-refractivity contribution < 1.29 is 27.4 Å². The molecule has 2 aromatic carbocycles. The molecule has 0 spiro atoms. The first-order chi connectivity index (χ1) is 17.7. The van der Waals surface area contributed by atoms with Crippen LogP contribution in [-0.2, 0) is 30.8 Å². The van der Waals surface area contributed by atoms with Gasteiger partial charge in [0.1, 0.15) is 0 Å². The van der Waals surface area contributed by atoms with E-state index in [-0.39, 0.29) is 36.8 Å². The first-order valence-electron chi connectivity index (χ1n) is 11.5. The van der Waals surface area contributed by atoms with Gasteiger partial charge in [-0.25, -0.2) is 8.42 Å². The third-order valence-corrected chi connectivity index (χ3v) is 9.17. The number of halogens is 2. The van der Waals surface area contributed by atoms with E-state index in [0.29, 0.717) is 40.1 Å². The van der Waals surface area contributed by atoms with E-state index in [9.17, 15) is 13.2 Å². The number of amides is 1. The van der Waals surface area contributed by atoms with Crippen LogP contribution >= 0.6 is 34.5 Å². The van der Waals surface area contributed by atoms with E-state index in [0.717, 1.165) is 4.70 Å². The predicted octanol–water partition coefficient (Wildman–Crippen LogP) is 4.07.